The highest BCUT2D eigenvalue weighted by atomic mass is 32.2. The van der Waals surface area contributed by atoms with Gasteiger partial charge >= 0.3 is 5.97 Å². The van der Waals surface area contributed by atoms with Gasteiger partial charge in [-0.3, -0.25) is 0 Å². The number of carbonyl (C=O) groups excluding carboxylic acids is 1. The lowest BCUT2D eigenvalue weighted by atomic mass is 10.1. The zero-order chi connectivity index (χ0) is 11.7. The summed E-state index contributed by atoms with van der Waals surface area (Å²) in [4.78, 5) is 11.6. The molecule has 0 rings (SSSR count). The third-order valence-corrected chi connectivity index (χ3v) is 4.31. The van der Waals surface area contributed by atoms with Crippen molar-refractivity contribution in [2.75, 3.05) is 19.6 Å². The smallest absolute Gasteiger partial charge is 0.335 e. The molecule has 0 aromatic heterocycles. The Balaban J connectivity index is 4.56. The minimum Gasteiger partial charge on any atom is -0.466 e. The minimum atomic E-state index is -0.176. The van der Waals surface area contributed by atoms with Gasteiger partial charge in [0.2, 0.25) is 0 Å². The van der Waals surface area contributed by atoms with Crippen molar-refractivity contribution in [2.24, 2.45) is 0 Å². The summed E-state index contributed by atoms with van der Waals surface area (Å²) < 4.78 is 5.89. The second-order valence-electron chi connectivity index (χ2n) is 3.12. The molecule has 0 radical (unpaired) electrons. The van der Waals surface area contributed by atoms with Gasteiger partial charge in [0.15, 0.2) is 0 Å². The van der Waals surface area contributed by atoms with Crippen LogP contribution in [-0.2, 0) is 9.53 Å². The number of ether oxygens (including phenoxy) is 1. The van der Waals surface area contributed by atoms with Crippen LogP contribution in [0, 0.1) is 0 Å². The third-order valence-electron chi connectivity index (χ3n) is 2.08. The fraction of sp³-hybridized carbons (Fsp3) is 0.727. The number of esters is 1. The van der Waals surface area contributed by atoms with E-state index in [-0.39, 0.29) is 5.97 Å². The van der Waals surface area contributed by atoms with Crippen LogP contribution < -0.4 is 0 Å². The maximum atomic E-state index is 11.6. The summed E-state index contributed by atoms with van der Waals surface area (Å²) in [6, 6.07) is 0. The van der Waals surface area contributed by atoms with E-state index >= 15 is 0 Å². The number of hydrogen-bond donors (Lipinski definition) is 0. The number of thioether (sulfide) groups is 2. The number of rotatable bonds is 7. The Kier molecular flexibility index (Phi) is 9.10. The van der Waals surface area contributed by atoms with E-state index in [2.05, 4.69) is 6.92 Å². The first kappa shape index (κ1) is 14.9. The van der Waals surface area contributed by atoms with Crippen molar-refractivity contribution < 1.29 is 9.53 Å². The molecule has 0 spiro atoms. The van der Waals surface area contributed by atoms with Crippen LogP contribution in [0.2, 0.25) is 0 Å². The molecule has 0 fully saturated rings. The Hall–Kier alpha value is -0.0900. The molecule has 4 heteroatoms. The van der Waals surface area contributed by atoms with Gasteiger partial charge < -0.3 is 4.74 Å². The van der Waals surface area contributed by atoms with Crippen molar-refractivity contribution >= 4 is 29.5 Å². The monoisotopic (exact) mass is 248 g/mol. The molecule has 0 saturated heterocycles. The van der Waals surface area contributed by atoms with Crippen molar-refractivity contribution in [1.29, 1.82) is 0 Å². The predicted octanol–water partition coefficient (Wildman–Crippen LogP) is 3.68. The summed E-state index contributed by atoms with van der Waals surface area (Å²) in [7, 11) is 1.44. The summed E-state index contributed by atoms with van der Waals surface area (Å²) in [6.07, 6.45) is 8.21. The van der Waals surface area contributed by atoms with Crippen molar-refractivity contribution in [1.82, 2.24) is 0 Å². The van der Waals surface area contributed by atoms with Gasteiger partial charge in [0.25, 0.3) is 0 Å². The first-order chi connectivity index (χ1) is 7.21. The van der Waals surface area contributed by atoms with Crippen molar-refractivity contribution in [3.8, 4) is 0 Å². The zero-order valence-electron chi connectivity index (χ0n) is 9.96. The molecular formula is C11H20O2S2. The fourth-order valence-corrected chi connectivity index (χ4v) is 2.82. The average molecular weight is 248 g/mol. The number of methoxy groups -OCH3 is 1. The van der Waals surface area contributed by atoms with E-state index in [4.69, 9.17) is 4.74 Å². The Labute approximate surface area is 101 Å². The van der Waals surface area contributed by atoms with Gasteiger partial charge in [-0.1, -0.05) is 19.8 Å². The van der Waals surface area contributed by atoms with Gasteiger partial charge in [-0.2, -0.15) is 0 Å². The molecule has 0 aliphatic rings. The van der Waals surface area contributed by atoms with Gasteiger partial charge in [-0.15, -0.1) is 23.5 Å². The molecule has 0 atom stereocenters. The van der Waals surface area contributed by atoms with Gasteiger partial charge in [-0.25, -0.2) is 4.79 Å². The van der Waals surface area contributed by atoms with Crippen molar-refractivity contribution in [3.63, 3.8) is 0 Å². The summed E-state index contributed by atoms with van der Waals surface area (Å²) in [5, 5.41) is 0. The number of hydrogen-bond acceptors (Lipinski definition) is 4. The van der Waals surface area contributed by atoms with Crippen LogP contribution in [0.25, 0.3) is 0 Å². The summed E-state index contributed by atoms with van der Waals surface area (Å²) in [5.74, 6) is -0.176. The molecular weight excluding hydrogens is 228 g/mol. The lowest BCUT2D eigenvalue weighted by Crippen LogP contribution is -2.06. The topological polar surface area (TPSA) is 26.3 Å². The van der Waals surface area contributed by atoms with Crippen LogP contribution in [0.4, 0.5) is 0 Å². The Morgan fingerprint density at radius 3 is 2.20 bits per heavy atom. The first-order valence-electron chi connectivity index (χ1n) is 5.10. The molecule has 2 nitrogen and oxygen atoms in total. The van der Waals surface area contributed by atoms with Gasteiger partial charge in [-0.05, 0) is 25.4 Å². The number of unbranched alkanes of at least 4 members (excludes halogenated alkanes) is 2. The molecule has 0 aromatic rings. The van der Waals surface area contributed by atoms with Crippen LogP contribution in [0.1, 0.15) is 32.6 Å². The quantitative estimate of drug-likeness (QED) is 0.390. The molecule has 0 amide bonds. The fourth-order valence-electron chi connectivity index (χ4n) is 1.29. The summed E-state index contributed by atoms with van der Waals surface area (Å²) >= 11 is 3.24. The molecule has 0 aliphatic heterocycles. The molecule has 0 N–H and O–H groups in total. The van der Waals surface area contributed by atoms with Crippen LogP contribution in [0.5, 0.6) is 0 Å². The second-order valence-corrected chi connectivity index (χ2v) is 5.01. The molecule has 0 aromatic carbocycles. The predicted molar refractivity (Wildman–Crippen MR) is 70.2 cm³/mol. The third kappa shape index (κ3) is 5.52. The minimum absolute atomic E-state index is 0.176. The van der Waals surface area contributed by atoms with E-state index in [0.29, 0.717) is 0 Å². The molecule has 15 heavy (non-hydrogen) atoms. The highest BCUT2D eigenvalue weighted by molar-refractivity contribution is 8.21. The summed E-state index contributed by atoms with van der Waals surface area (Å²) in [5.41, 5.74) is 0.839. The van der Waals surface area contributed by atoms with Crippen LogP contribution in [0.3, 0.4) is 0 Å². The maximum absolute atomic E-state index is 11.6. The highest BCUT2D eigenvalue weighted by Gasteiger charge is 2.14. The lowest BCUT2D eigenvalue weighted by molar-refractivity contribution is -0.136. The first-order valence-corrected chi connectivity index (χ1v) is 7.55. The van der Waals surface area contributed by atoms with Gasteiger partial charge in [0, 0.05) is 0 Å². The second kappa shape index (κ2) is 9.16. The Bertz CT molecular complexity index is 219. The maximum Gasteiger partial charge on any atom is 0.335 e. The molecule has 0 bridgehead atoms. The largest absolute Gasteiger partial charge is 0.466 e. The molecule has 0 saturated carbocycles. The van der Waals surface area contributed by atoms with Crippen LogP contribution >= 0.6 is 23.5 Å². The summed E-state index contributed by atoms with van der Waals surface area (Å²) in [6.45, 7) is 2.16. The SMILES string of the molecule is CCCCCC(C(=O)OC)=C(SC)SC. The van der Waals surface area contributed by atoms with E-state index in [1.165, 1.54) is 13.5 Å². The standard InChI is InChI=1S/C11H20O2S2/c1-5-6-7-8-9(10(12)13-2)11(14-3)15-4/h5-8H2,1-4H3. The average Bonchev–Trinajstić information content (AvgIpc) is 2.27. The Morgan fingerprint density at radius 2 is 1.80 bits per heavy atom. The zero-order valence-corrected chi connectivity index (χ0v) is 11.6. The van der Waals surface area contributed by atoms with Crippen LogP contribution in [0.15, 0.2) is 9.81 Å². The van der Waals surface area contributed by atoms with E-state index < -0.39 is 0 Å². The van der Waals surface area contributed by atoms with E-state index in [0.717, 1.165) is 29.1 Å². The highest BCUT2D eigenvalue weighted by Crippen LogP contribution is 2.30. The normalized spacial score (nSPS) is 9.87. The number of carbonyl (C=O) groups is 1. The van der Waals surface area contributed by atoms with E-state index in [1.807, 2.05) is 12.5 Å². The van der Waals surface area contributed by atoms with Gasteiger partial charge in [0.05, 0.1) is 16.9 Å². The van der Waals surface area contributed by atoms with Crippen molar-refractivity contribution in [3.05, 3.63) is 9.81 Å². The van der Waals surface area contributed by atoms with E-state index in [9.17, 15) is 4.79 Å². The molecule has 0 unspecified atom stereocenters. The molecule has 0 aliphatic carbocycles. The van der Waals surface area contributed by atoms with Gasteiger partial charge in [0.1, 0.15) is 0 Å². The van der Waals surface area contributed by atoms with Crippen molar-refractivity contribution in [2.45, 2.75) is 32.6 Å². The molecule has 0 heterocycles. The Morgan fingerprint density at radius 1 is 1.20 bits per heavy atom. The molecule has 88 valence electrons. The van der Waals surface area contributed by atoms with Crippen LogP contribution in [-0.4, -0.2) is 25.6 Å². The van der Waals surface area contributed by atoms with E-state index in [1.54, 1.807) is 23.5 Å². The lowest BCUT2D eigenvalue weighted by Gasteiger charge is -2.09.